The molecule has 2 aliphatic rings. The number of rotatable bonds is 6. The lowest BCUT2D eigenvalue weighted by Crippen LogP contribution is -2.43. The van der Waals surface area contributed by atoms with E-state index in [1.54, 1.807) is 30.3 Å². The smallest absolute Gasteiger partial charge is 0.248 e. The van der Waals surface area contributed by atoms with Crippen molar-refractivity contribution in [2.45, 2.75) is 44.1 Å². The average Bonchev–Trinajstić information content (AvgIpc) is 3.17. The molecule has 0 bridgehead atoms. The zero-order chi connectivity index (χ0) is 16.2. The Morgan fingerprint density at radius 1 is 1.43 bits per heavy atom. The molecule has 1 aromatic rings. The minimum Gasteiger partial charge on any atom is -0.371 e. The molecule has 0 aromatic carbocycles. The van der Waals surface area contributed by atoms with Crippen molar-refractivity contribution in [1.29, 1.82) is 0 Å². The Morgan fingerprint density at radius 3 is 3.04 bits per heavy atom. The van der Waals surface area contributed by atoms with Crippen molar-refractivity contribution in [3.8, 4) is 0 Å². The molecule has 0 spiro atoms. The van der Waals surface area contributed by atoms with E-state index in [9.17, 15) is 4.79 Å². The van der Waals surface area contributed by atoms with Gasteiger partial charge >= 0.3 is 0 Å². The molecule has 3 rings (SSSR count). The second-order valence-electron chi connectivity index (χ2n) is 6.64. The van der Waals surface area contributed by atoms with Crippen LogP contribution in [0.4, 0.5) is 0 Å². The summed E-state index contributed by atoms with van der Waals surface area (Å²) in [4.78, 5) is 15.6. The largest absolute Gasteiger partial charge is 0.371 e. The third kappa shape index (κ3) is 4.32. The number of fused-ring (bicyclic) bond motifs is 1. The number of carbonyl (C=O) groups is 1. The lowest BCUT2D eigenvalue weighted by molar-refractivity contribution is -0.138. The van der Waals surface area contributed by atoms with Crippen LogP contribution in [0, 0.1) is 0 Å². The average molecular weight is 338 g/mol. The molecule has 23 heavy (non-hydrogen) atoms. The zero-order valence-electron chi connectivity index (χ0n) is 13.9. The first-order valence-corrected chi connectivity index (χ1v) is 9.26. The third-order valence-electron chi connectivity index (χ3n) is 4.74. The summed E-state index contributed by atoms with van der Waals surface area (Å²) in [7, 11) is 3.49. The first kappa shape index (κ1) is 16.9. The van der Waals surface area contributed by atoms with E-state index in [2.05, 4.69) is 21.7 Å². The fourth-order valence-electron chi connectivity index (χ4n) is 3.43. The molecule has 2 aliphatic heterocycles. The number of carbonyl (C=O) groups excluding carboxylic acids is 1. The van der Waals surface area contributed by atoms with E-state index in [0.29, 0.717) is 18.8 Å². The highest BCUT2D eigenvalue weighted by Gasteiger charge is 2.39. The van der Waals surface area contributed by atoms with Gasteiger partial charge in [-0.1, -0.05) is 0 Å². The van der Waals surface area contributed by atoms with Gasteiger partial charge in [-0.2, -0.15) is 11.3 Å². The molecule has 0 unspecified atom stereocenters. The molecule has 2 fully saturated rings. The Kier molecular flexibility index (Phi) is 5.69. The van der Waals surface area contributed by atoms with Crippen LogP contribution in [-0.2, 0) is 20.8 Å². The monoisotopic (exact) mass is 338 g/mol. The molecule has 3 atom stereocenters. The predicted molar refractivity (Wildman–Crippen MR) is 90.5 cm³/mol. The topological polar surface area (TPSA) is 42.0 Å². The van der Waals surface area contributed by atoms with Gasteiger partial charge in [0, 0.05) is 33.2 Å². The van der Waals surface area contributed by atoms with Crippen molar-refractivity contribution in [3.63, 3.8) is 0 Å². The van der Waals surface area contributed by atoms with Gasteiger partial charge in [-0.25, -0.2) is 0 Å². The van der Waals surface area contributed by atoms with Crippen LogP contribution in [0.3, 0.4) is 0 Å². The summed E-state index contributed by atoms with van der Waals surface area (Å²) < 4.78 is 11.7. The highest BCUT2D eigenvalue weighted by atomic mass is 32.1. The Bertz CT molecular complexity index is 506. The van der Waals surface area contributed by atoms with Crippen molar-refractivity contribution in [2.24, 2.45) is 0 Å². The van der Waals surface area contributed by atoms with Crippen LogP contribution < -0.4 is 0 Å². The molecule has 128 valence electrons. The maximum atomic E-state index is 11.5. The molecule has 5 nitrogen and oxygen atoms in total. The van der Waals surface area contributed by atoms with Crippen LogP contribution in [0.2, 0.25) is 0 Å². The number of likely N-dealkylation sites (tertiary alicyclic amines) is 1. The highest BCUT2D eigenvalue weighted by molar-refractivity contribution is 7.07. The standard InChI is InChI=1S/C17H26N2O3S/c1-18(2)17(20)11-21-10-14-3-4-15-16(22-14)5-7-19(15)9-13-6-8-23-12-13/h6,8,12,14-16H,3-5,7,9-11H2,1-2H3/t14-,15+,16+/m1/s1. The summed E-state index contributed by atoms with van der Waals surface area (Å²) in [5.74, 6) is 0.00138. The molecule has 0 N–H and O–H groups in total. The number of hydrogen-bond donors (Lipinski definition) is 0. The summed E-state index contributed by atoms with van der Waals surface area (Å²) in [6, 6.07) is 2.75. The summed E-state index contributed by atoms with van der Waals surface area (Å²) in [5, 5.41) is 4.37. The van der Waals surface area contributed by atoms with Crippen LogP contribution in [0.5, 0.6) is 0 Å². The molecular weight excluding hydrogens is 312 g/mol. The van der Waals surface area contributed by atoms with Crippen molar-refractivity contribution in [1.82, 2.24) is 9.80 Å². The molecule has 0 aliphatic carbocycles. The van der Waals surface area contributed by atoms with Crippen LogP contribution in [-0.4, -0.2) is 67.8 Å². The summed E-state index contributed by atoms with van der Waals surface area (Å²) in [6.45, 7) is 2.81. The molecule has 6 heteroatoms. The Morgan fingerprint density at radius 2 is 2.30 bits per heavy atom. The zero-order valence-corrected chi connectivity index (χ0v) is 14.8. The van der Waals surface area contributed by atoms with Crippen LogP contribution in [0.25, 0.3) is 0 Å². The Hall–Kier alpha value is -0.950. The molecular formula is C17H26N2O3S. The molecule has 2 saturated heterocycles. The van der Waals surface area contributed by atoms with Crippen LogP contribution in [0.1, 0.15) is 24.8 Å². The van der Waals surface area contributed by atoms with Crippen molar-refractivity contribution < 1.29 is 14.3 Å². The van der Waals surface area contributed by atoms with E-state index in [0.717, 1.165) is 32.4 Å². The van der Waals surface area contributed by atoms with E-state index in [-0.39, 0.29) is 18.6 Å². The number of ether oxygens (including phenoxy) is 2. The highest BCUT2D eigenvalue weighted by Crippen LogP contribution is 2.32. The number of amides is 1. The van der Waals surface area contributed by atoms with Crippen LogP contribution >= 0.6 is 11.3 Å². The SMILES string of the molecule is CN(C)C(=O)COC[C@H]1CC[C@H]2[C@H](CCN2Cc2ccsc2)O1. The minimum atomic E-state index is 0.00138. The van der Waals surface area contributed by atoms with Crippen molar-refractivity contribution >= 4 is 17.2 Å². The summed E-state index contributed by atoms with van der Waals surface area (Å²) in [5.41, 5.74) is 1.41. The van der Waals surface area contributed by atoms with Crippen molar-refractivity contribution in [3.05, 3.63) is 22.4 Å². The van der Waals surface area contributed by atoms with Crippen LogP contribution in [0.15, 0.2) is 16.8 Å². The molecule has 3 heterocycles. The normalized spacial score (nSPS) is 27.8. The van der Waals surface area contributed by atoms with Gasteiger partial charge in [0.05, 0.1) is 18.8 Å². The Balaban J connectivity index is 1.42. The molecule has 1 amide bonds. The molecule has 0 radical (unpaired) electrons. The number of likely N-dealkylation sites (N-methyl/N-ethyl adjacent to an activating group) is 1. The number of hydrogen-bond acceptors (Lipinski definition) is 5. The van der Waals surface area contributed by atoms with Gasteiger partial charge in [-0.15, -0.1) is 0 Å². The fourth-order valence-corrected chi connectivity index (χ4v) is 4.09. The Labute approximate surface area is 142 Å². The van der Waals surface area contributed by atoms with E-state index in [4.69, 9.17) is 9.47 Å². The first-order chi connectivity index (χ1) is 11.1. The van der Waals surface area contributed by atoms with Gasteiger partial charge in [-0.3, -0.25) is 9.69 Å². The summed E-state index contributed by atoms with van der Waals surface area (Å²) in [6.07, 6.45) is 3.72. The second kappa shape index (κ2) is 7.75. The molecule has 0 saturated carbocycles. The van der Waals surface area contributed by atoms with Crippen molar-refractivity contribution in [2.75, 3.05) is 33.9 Å². The van der Waals surface area contributed by atoms with E-state index in [1.807, 2.05) is 0 Å². The lowest BCUT2D eigenvalue weighted by Gasteiger charge is -2.36. The van der Waals surface area contributed by atoms with Gasteiger partial charge in [0.1, 0.15) is 6.61 Å². The fraction of sp³-hybridized carbons (Fsp3) is 0.706. The third-order valence-corrected chi connectivity index (χ3v) is 5.48. The minimum absolute atomic E-state index is 0.00138. The van der Waals surface area contributed by atoms with Gasteiger partial charge < -0.3 is 14.4 Å². The second-order valence-corrected chi connectivity index (χ2v) is 7.42. The summed E-state index contributed by atoms with van der Waals surface area (Å²) >= 11 is 1.76. The quantitative estimate of drug-likeness (QED) is 0.795. The van der Waals surface area contributed by atoms with Gasteiger partial charge in [-0.05, 0) is 41.7 Å². The van der Waals surface area contributed by atoms with Gasteiger partial charge in [0.2, 0.25) is 5.91 Å². The first-order valence-electron chi connectivity index (χ1n) is 8.32. The van der Waals surface area contributed by atoms with Gasteiger partial charge in [0.25, 0.3) is 0 Å². The maximum Gasteiger partial charge on any atom is 0.248 e. The maximum absolute atomic E-state index is 11.5. The van der Waals surface area contributed by atoms with E-state index < -0.39 is 0 Å². The van der Waals surface area contributed by atoms with Gasteiger partial charge in [0.15, 0.2) is 0 Å². The molecule has 1 aromatic heterocycles. The number of thiophene rings is 1. The predicted octanol–water partition coefficient (Wildman–Crippen LogP) is 1.97. The van der Waals surface area contributed by atoms with E-state index in [1.165, 1.54) is 5.56 Å². The van der Waals surface area contributed by atoms with E-state index >= 15 is 0 Å². The number of nitrogens with zero attached hydrogens (tertiary/aromatic N) is 2. The lowest BCUT2D eigenvalue weighted by atomic mass is 9.99.